The van der Waals surface area contributed by atoms with Crippen LogP contribution in [0.1, 0.15) is 18.1 Å². The van der Waals surface area contributed by atoms with Crippen LogP contribution in [0.2, 0.25) is 0 Å². The number of aliphatic hydroxyl groups excluding tert-OH is 1. The Hall–Kier alpha value is -0.970. The largest absolute Gasteiger partial charge is 0.392 e. The quantitative estimate of drug-likeness (QED) is 0.851. The summed E-state index contributed by atoms with van der Waals surface area (Å²) in [7, 11) is 0. The Labute approximate surface area is 108 Å². The zero-order valence-electron chi connectivity index (χ0n) is 11.0. The van der Waals surface area contributed by atoms with Gasteiger partial charge in [0.1, 0.15) is 5.82 Å². The molecule has 1 aliphatic heterocycles. The molecule has 2 rings (SSSR count). The minimum atomic E-state index is -0.381. The van der Waals surface area contributed by atoms with Crippen molar-refractivity contribution in [2.24, 2.45) is 0 Å². The van der Waals surface area contributed by atoms with Gasteiger partial charge in [0, 0.05) is 32.2 Å². The Morgan fingerprint density at radius 3 is 3.00 bits per heavy atom. The highest BCUT2D eigenvalue weighted by Gasteiger charge is 2.25. The van der Waals surface area contributed by atoms with Crippen molar-refractivity contribution in [2.75, 3.05) is 19.6 Å². The van der Waals surface area contributed by atoms with Gasteiger partial charge >= 0.3 is 0 Å². The highest BCUT2D eigenvalue weighted by atomic mass is 19.1. The minimum absolute atomic E-state index is 0.100. The van der Waals surface area contributed by atoms with Crippen molar-refractivity contribution in [3.8, 4) is 0 Å². The summed E-state index contributed by atoms with van der Waals surface area (Å²) in [6.07, 6.45) is -0.381. The van der Waals surface area contributed by atoms with Crippen LogP contribution in [0.4, 0.5) is 4.39 Å². The Balaban J connectivity index is 2.08. The number of nitrogens with zero attached hydrogens (tertiary/aromatic N) is 1. The van der Waals surface area contributed by atoms with Crippen molar-refractivity contribution in [3.63, 3.8) is 0 Å². The molecule has 0 bridgehead atoms. The second-order valence-corrected chi connectivity index (χ2v) is 5.07. The third-order valence-corrected chi connectivity index (χ3v) is 3.58. The molecule has 1 aromatic carbocycles. The van der Waals surface area contributed by atoms with Gasteiger partial charge in [0.25, 0.3) is 0 Å². The number of hydrogen-bond donors (Lipinski definition) is 2. The first-order valence-corrected chi connectivity index (χ1v) is 6.46. The van der Waals surface area contributed by atoms with Crippen LogP contribution >= 0.6 is 0 Å². The van der Waals surface area contributed by atoms with Gasteiger partial charge in [-0.05, 0) is 31.0 Å². The van der Waals surface area contributed by atoms with Gasteiger partial charge in [-0.15, -0.1) is 0 Å². The number of rotatable bonds is 3. The van der Waals surface area contributed by atoms with Crippen molar-refractivity contribution in [2.45, 2.75) is 32.5 Å². The summed E-state index contributed by atoms with van der Waals surface area (Å²) in [4.78, 5) is 2.21. The summed E-state index contributed by atoms with van der Waals surface area (Å²) in [5.41, 5.74) is 1.64. The summed E-state index contributed by atoms with van der Waals surface area (Å²) in [6, 6.07) is 5.46. The summed E-state index contributed by atoms with van der Waals surface area (Å²) < 4.78 is 13.5. The molecular formula is C14H21FN2O. The molecule has 100 valence electrons. The molecule has 2 N–H and O–H groups in total. The summed E-state index contributed by atoms with van der Waals surface area (Å²) in [5, 5.41) is 13.0. The van der Waals surface area contributed by atoms with Gasteiger partial charge in [0.15, 0.2) is 0 Å². The number of aliphatic hydroxyl groups is 1. The molecule has 2 atom stereocenters. The van der Waals surface area contributed by atoms with E-state index >= 15 is 0 Å². The first-order valence-electron chi connectivity index (χ1n) is 6.46. The molecule has 1 aromatic rings. The molecule has 18 heavy (non-hydrogen) atoms. The molecule has 1 aliphatic rings. The van der Waals surface area contributed by atoms with E-state index in [1.54, 1.807) is 19.9 Å². The molecule has 1 saturated heterocycles. The highest BCUT2D eigenvalue weighted by Crippen LogP contribution is 2.15. The lowest BCUT2D eigenvalue weighted by Crippen LogP contribution is -2.55. The normalized spacial score (nSPS) is 23.0. The van der Waals surface area contributed by atoms with Gasteiger partial charge in [0.2, 0.25) is 0 Å². The number of hydrogen-bond acceptors (Lipinski definition) is 3. The molecule has 1 heterocycles. The highest BCUT2D eigenvalue weighted by molar-refractivity contribution is 5.23. The van der Waals surface area contributed by atoms with Crippen LogP contribution in [-0.4, -0.2) is 41.8 Å². The van der Waals surface area contributed by atoms with Gasteiger partial charge in [0.05, 0.1) is 6.10 Å². The second kappa shape index (κ2) is 5.78. The van der Waals surface area contributed by atoms with E-state index in [0.717, 1.165) is 25.2 Å². The molecule has 0 radical (unpaired) electrons. The van der Waals surface area contributed by atoms with Crippen LogP contribution in [0.25, 0.3) is 0 Å². The molecule has 0 aliphatic carbocycles. The summed E-state index contributed by atoms with van der Waals surface area (Å²) in [5.74, 6) is -0.156. The summed E-state index contributed by atoms with van der Waals surface area (Å²) >= 11 is 0. The first kappa shape index (κ1) is 13.5. The zero-order chi connectivity index (χ0) is 13.1. The van der Waals surface area contributed by atoms with Crippen LogP contribution in [0, 0.1) is 12.7 Å². The topological polar surface area (TPSA) is 35.5 Å². The van der Waals surface area contributed by atoms with E-state index in [2.05, 4.69) is 10.2 Å². The molecule has 4 heteroatoms. The van der Waals surface area contributed by atoms with E-state index in [0.29, 0.717) is 12.1 Å². The maximum Gasteiger partial charge on any atom is 0.126 e. The fourth-order valence-corrected chi connectivity index (χ4v) is 2.41. The molecule has 0 aromatic heterocycles. The number of halogens is 1. The van der Waals surface area contributed by atoms with E-state index in [9.17, 15) is 9.50 Å². The zero-order valence-corrected chi connectivity index (χ0v) is 11.0. The van der Waals surface area contributed by atoms with E-state index in [1.165, 1.54) is 0 Å². The molecule has 0 spiro atoms. The van der Waals surface area contributed by atoms with Crippen molar-refractivity contribution in [1.29, 1.82) is 0 Å². The fraction of sp³-hybridized carbons (Fsp3) is 0.571. The Kier molecular flexibility index (Phi) is 4.32. The standard InChI is InChI=1S/C14H21FN2O/c1-10-3-4-12(7-13(10)15)9-17-6-5-16-8-14(17)11(2)18/h3-4,7,11,14,16,18H,5-6,8-9H2,1-2H3. The van der Waals surface area contributed by atoms with Crippen LogP contribution in [0.15, 0.2) is 18.2 Å². The number of nitrogens with one attached hydrogen (secondary N) is 1. The monoisotopic (exact) mass is 252 g/mol. The van der Waals surface area contributed by atoms with Crippen LogP contribution in [0.5, 0.6) is 0 Å². The Bertz CT molecular complexity index is 409. The van der Waals surface area contributed by atoms with Gasteiger partial charge in [-0.3, -0.25) is 4.90 Å². The first-order chi connectivity index (χ1) is 8.58. The average molecular weight is 252 g/mol. The van der Waals surface area contributed by atoms with Crippen molar-refractivity contribution >= 4 is 0 Å². The number of piperazine rings is 1. The lowest BCUT2D eigenvalue weighted by atomic mass is 10.1. The van der Waals surface area contributed by atoms with E-state index in [1.807, 2.05) is 12.1 Å². The van der Waals surface area contributed by atoms with Gasteiger partial charge in [-0.2, -0.15) is 0 Å². The van der Waals surface area contributed by atoms with E-state index in [4.69, 9.17) is 0 Å². The smallest absolute Gasteiger partial charge is 0.126 e. The molecule has 1 fully saturated rings. The van der Waals surface area contributed by atoms with Gasteiger partial charge < -0.3 is 10.4 Å². The Morgan fingerprint density at radius 1 is 1.56 bits per heavy atom. The van der Waals surface area contributed by atoms with Crippen LogP contribution < -0.4 is 5.32 Å². The average Bonchev–Trinajstić information content (AvgIpc) is 2.34. The lowest BCUT2D eigenvalue weighted by molar-refractivity contribution is 0.0405. The van der Waals surface area contributed by atoms with Crippen molar-refractivity contribution in [3.05, 3.63) is 35.1 Å². The molecule has 0 amide bonds. The molecule has 3 nitrogen and oxygen atoms in total. The van der Waals surface area contributed by atoms with E-state index < -0.39 is 0 Å². The number of benzene rings is 1. The molecule has 0 saturated carbocycles. The Morgan fingerprint density at radius 2 is 2.33 bits per heavy atom. The van der Waals surface area contributed by atoms with E-state index in [-0.39, 0.29) is 18.0 Å². The molecule has 2 unspecified atom stereocenters. The van der Waals surface area contributed by atoms with Crippen LogP contribution in [-0.2, 0) is 6.54 Å². The predicted octanol–water partition coefficient (Wildman–Crippen LogP) is 1.29. The molecular weight excluding hydrogens is 231 g/mol. The predicted molar refractivity (Wildman–Crippen MR) is 69.9 cm³/mol. The maximum absolute atomic E-state index is 13.5. The third kappa shape index (κ3) is 3.07. The van der Waals surface area contributed by atoms with Crippen LogP contribution in [0.3, 0.4) is 0 Å². The third-order valence-electron chi connectivity index (χ3n) is 3.58. The SMILES string of the molecule is Cc1ccc(CN2CCNCC2C(C)O)cc1F. The lowest BCUT2D eigenvalue weighted by Gasteiger charge is -2.37. The minimum Gasteiger partial charge on any atom is -0.392 e. The van der Waals surface area contributed by atoms with Crippen molar-refractivity contribution in [1.82, 2.24) is 10.2 Å². The van der Waals surface area contributed by atoms with Gasteiger partial charge in [-0.1, -0.05) is 12.1 Å². The van der Waals surface area contributed by atoms with Crippen molar-refractivity contribution < 1.29 is 9.50 Å². The number of aryl methyl sites for hydroxylation is 1. The second-order valence-electron chi connectivity index (χ2n) is 5.07. The fourth-order valence-electron chi connectivity index (χ4n) is 2.41. The summed E-state index contributed by atoms with van der Waals surface area (Å²) in [6.45, 7) is 6.84. The van der Waals surface area contributed by atoms with Gasteiger partial charge in [-0.25, -0.2) is 4.39 Å². The maximum atomic E-state index is 13.5.